The molecule has 0 fully saturated rings. The number of hydrogen-bond donors (Lipinski definition) is 1. The summed E-state index contributed by atoms with van der Waals surface area (Å²) in [6, 6.07) is 10.0. The van der Waals surface area contributed by atoms with Gasteiger partial charge in [0.2, 0.25) is 11.8 Å². The number of carbonyl (C=O) groups is 1. The van der Waals surface area contributed by atoms with E-state index in [2.05, 4.69) is 10.3 Å². The Morgan fingerprint density at radius 2 is 2.04 bits per heavy atom. The lowest BCUT2D eigenvalue weighted by Crippen LogP contribution is -2.17. The first-order valence-corrected chi connectivity index (χ1v) is 10.0. The van der Waals surface area contributed by atoms with Crippen molar-refractivity contribution >= 4 is 32.5 Å². The molecule has 1 aromatic heterocycles. The van der Waals surface area contributed by atoms with Crippen molar-refractivity contribution in [1.82, 2.24) is 4.98 Å². The fraction of sp³-hybridized carbons (Fsp3) is 0.263. The quantitative estimate of drug-likeness (QED) is 0.696. The number of fused-ring (bicyclic) bond motifs is 1. The number of rotatable bonds is 6. The van der Waals surface area contributed by atoms with Crippen molar-refractivity contribution in [1.29, 1.82) is 0 Å². The number of nitrogens with zero attached hydrogens (tertiary/aromatic N) is 1. The highest BCUT2D eigenvalue weighted by Gasteiger charge is 2.17. The molecule has 0 spiro atoms. The fourth-order valence-corrected chi connectivity index (χ4v) is 3.60. The van der Waals surface area contributed by atoms with Crippen molar-refractivity contribution in [2.45, 2.75) is 18.7 Å². The third-order valence-corrected chi connectivity index (χ3v) is 5.94. The molecule has 1 N–H and O–H groups in total. The van der Waals surface area contributed by atoms with E-state index in [4.69, 9.17) is 9.15 Å². The highest BCUT2D eigenvalue weighted by atomic mass is 32.2. The molecule has 0 aliphatic carbocycles. The van der Waals surface area contributed by atoms with Gasteiger partial charge in [-0.2, -0.15) is 0 Å². The Hall–Kier alpha value is -2.71. The van der Waals surface area contributed by atoms with Gasteiger partial charge in [0.15, 0.2) is 15.4 Å². The molecule has 0 radical (unpaired) electrons. The second kappa shape index (κ2) is 7.50. The Balaban J connectivity index is 2.01. The molecule has 3 rings (SSSR count). The van der Waals surface area contributed by atoms with Crippen molar-refractivity contribution in [3.8, 4) is 11.5 Å². The molecular weight excluding hydrogens is 368 g/mol. The SMILES string of the molecule is CCS(=O)(=O)c1ccc2oc(-c3cccc(NC(=O)COC)c3C)nc2c1. The van der Waals surface area contributed by atoms with Crippen LogP contribution in [0.15, 0.2) is 45.7 Å². The lowest BCUT2D eigenvalue weighted by Gasteiger charge is -2.10. The number of methoxy groups -OCH3 is 1. The highest BCUT2D eigenvalue weighted by Crippen LogP contribution is 2.31. The Labute approximate surface area is 157 Å². The van der Waals surface area contributed by atoms with Gasteiger partial charge in [0, 0.05) is 18.4 Å². The minimum Gasteiger partial charge on any atom is -0.436 e. The summed E-state index contributed by atoms with van der Waals surface area (Å²) >= 11 is 0. The van der Waals surface area contributed by atoms with Crippen molar-refractivity contribution < 1.29 is 22.4 Å². The van der Waals surface area contributed by atoms with E-state index >= 15 is 0 Å². The molecule has 0 aliphatic heterocycles. The van der Waals surface area contributed by atoms with Crippen molar-refractivity contribution in [2.75, 3.05) is 24.8 Å². The van der Waals surface area contributed by atoms with Gasteiger partial charge in [0.1, 0.15) is 12.1 Å². The van der Waals surface area contributed by atoms with Crippen LogP contribution in [0.25, 0.3) is 22.6 Å². The van der Waals surface area contributed by atoms with Crippen molar-refractivity contribution in [2.24, 2.45) is 0 Å². The molecule has 1 amide bonds. The third-order valence-electron chi connectivity index (χ3n) is 4.21. The van der Waals surface area contributed by atoms with Crippen LogP contribution in [-0.4, -0.2) is 38.8 Å². The first-order valence-electron chi connectivity index (χ1n) is 8.38. The number of hydrogen-bond acceptors (Lipinski definition) is 6. The molecule has 0 unspecified atom stereocenters. The molecule has 3 aromatic rings. The van der Waals surface area contributed by atoms with Gasteiger partial charge in [0.05, 0.1) is 10.6 Å². The Bertz CT molecular complexity index is 1100. The summed E-state index contributed by atoms with van der Waals surface area (Å²) in [5.74, 6) is 0.118. The van der Waals surface area contributed by atoms with E-state index in [-0.39, 0.29) is 23.2 Å². The van der Waals surface area contributed by atoms with E-state index in [1.165, 1.54) is 19.2 Å². The van der Waals surface area contributed by atoms with E-state index < -0.39 is 9.84 Å². The topological polar surface area (TPSA) is 98.5 Å². The number of nitrogens with one attached hydrogen (secondary N) is 1. The minimum atomic E-state index is -3.32. The number of carbonyl (C=O) groups excluding carboxylic acids is 1. The molecule has 0 saturated carbocycles. The molecular formula is C19H20N2O5S. The molecule has 2 aromatic carbocycles. The summed E-state index contributed by atoms with van der Waals surface area (Å²) in [5, 5.41) is 2.78. The van der Waals surface area contributed by atoms with Crippen LogP contribution in [0.5, 0.6) is 0 Å². The predicted octanol–water partition coefficient (Wildman–Crippen LogP) is 3.18. The molecule has 27 heavy (non-hydrogen) atoms. The molecule has 1 heterocycles. The lowest BCUT2D eigenvalue weighted by molar-refractivity contribution is -0.119. The number of amides is 1. The number of anilines is 1. The zero-order valence-electron chi connectivity index (χ0n) is 15.3. The zero-order chi connectivity index (χ0) is 19.6. The number of benzene rings is 2. The second-order valence-corrected chi connectivity index (χ2v) is 8.29. The maximum atomic E-state index is 12.1. The van der Waals surface area contributed by atoms with Crippen LogP contribution in [0, 0.1) is 6.92 Å². The van der Waals surface area contributed by atoms with E-state index in [9.17, 15) is 13.2 Å². The smallest absolute Gasteiger partial charge is 0.250 e. The van der Waals surface area contributed by atoms with Crippen LogP contribution in [-0.2, 0) is 19.4 Å². The number of oxazole rings is 1. The molecule has 0 aliphatic rings. The molecule has 0 atom stereocenters. The Morgan fingerprint density at radius 3 is 2.74 bits per heavy atom. The third kappa shape index (κ3) is 3.86. The van der Waals surface area contributed by atoms with Crippen LogP contribution in [0.4, 0.5) is 5.69 Å². The van der Waals surface area contributed by atoms with E-state index in [0.29, 0.717) is 28.2 Å². The summed E-state index contributed by atoms with van der Waals surface area (Å²) < 4.78 is 34.8. The number of ether oxygens (including phenoxy) is 1. The fourth-order valence-electron chi connectivity index (χ4n) is 2.70. The summed E-state index contributed by atoms with van der Waals surface area (Å²) in [6.45, 7) is 3.40. The van der Waals surface area contributed by atoms with Gasteiger partial charge in [-0.25, -0.2) is 13.4 Å². The van der Waals surface area contributed by atoms with Gasteiger partial charge in [0.25, 0.3) is 0 Å². The molecule has 7 nitrogen and oxygen atoms in total. The first kappa shape index (κ1) is 19.1. The largest absolute Gasteiger partial charge is 0.436 e. The molecule has 0 saturated heterocycles. The van der Waals surface area contributed by atoms with Crippen LogP contribution in [0.3, 0.4) is 0 Å². The maximum Gasteiger partial charge on any atom is 0.250 e. The number of aromatic nitrogens is 1. The Morgan fingerprint density at radius 1 is 1.26 bits per heavy atom. The normalized spacial score (nSPS) is 11.7. The minimum absolute atomic E-state index is 0.0194. The van der Waals surface area contributed by atoms with Crippen molar-refractivity contribution in [3.63, 3.8) is 0 Å². The van der Waals surface area contributed by atoms with E-state index in [1.54, 1.807) is 25.1 Å². The average molecular weight is 388 g/mol. The molecule has 8 heteroatoms. The molecule has 142 valence electrons. The van der Waals surface area contributed by atoms with Crippen LogP contribution < -0.4 is 5.32 Å². The number of sulfone groups is 1. The van der Waals surface area contributed by atoms with E-state index in [1.807, 2.05) is 13.0 Å². The second-order valence-electron chi connectivity index (χ2n) is 6.01. The van der Waals surface area contributed by atoms with Crippen molar-refractivity contribution in [3.05, 3.63) is 42.0 Å². The van der Waals surface area contributed by atoms with Gasteiger partial charge in [-0.05, 0) is 42.8 Å². The van der Waals surface area contributed by atoms with E-state index in [0.717, 1.165) is 5.56 Å². The summed E-state index contributed by atoms with van der Waals surface area (Å²) in [4.78, 5) is 16.4. The van der Waals surface area contributed by atoms with Crippen LogP contribution in [0.1, 0.15) is 12.5 Å². The lowest BCUT2D eigenvalue weighted by atomic mass is 10.1. The van der Waals surface area contributed by atoms with Crippen LogP contribution >= 0.6 is 0 Å². The maximum absolute atomic E-state index is 12.1. The molecule has 0 bridgehead atoms. The first-order chi connectivity index (χ1) is 12.9. The average Bonchev–Trinajstić information content (AvgIpc) is 3.06. The standard InChI is InChI=1S/C19H20N2O5S/c1-4-27(23,24)13-8-9-17-16(10-13)21-19(26-17)14-6-5-7-15(12(14)2)20-18(22)11-25-3/h5-10H,4,11H2,1-3H3,(H,20,22). The predicted molar refractivity (Wildman–Crippen MR) is 102 cm³/mol. The summed E-state index contributed by atoms with van der Waals surface area (Å²) in [5.41, 5.74) is 3.09. The van der Waals surface area contributed by atoms with Gasteiger partial charge in [-0.3, -0.25) is 4.79 Å². The highest BCUT2D eigenvalue weighted by molar-refractivity contribution is 7.91. The van der Waals surface area contributed by atoms with Gasteiger partial charge < -0.3 is 14.5 Å². The summed E-state index contributed by atoms with van der Waals surface area (Å²) in [7, 11) is -1.87. The van der Waals surface area contributed by atoms with Gasteiger partial charge in [-0.15, -0.1) is 0 Å². The summed E-state index contributed by atoms with van der Waals surface area (Å²) in [6.07, 6.45) is 0. The van der Waals surface area contributed by atoms with Gasteiger partial charge >= 0.3 is 0 Å². The zero-order valence-corrected chi connectivity index (χ0v) is 16.1. The van der Waals surface area contributed by atoms with Gasteiger partial charge in [-0.1, -0.05) is 13.0 Å². The van der Waals surface area contributed by atoms with Crippen LogP contribution in [0.2, 0.25) is 0 Å². The monoisotopic (exact) mass is 388 g/mol. The Kier molecular flexibility index (Phi) is 5.29.